The third-order valence-electron chi connectivity index (χ3n) is 12.5. The van der Waals surface area contributed by atoms with Crippen LogP contribution in [0.4, 0.5) is 17.6 Å². The Balaban J connectivity index is -0.000000150. The average molecular weight is 1780 g/mol. The first-order chi connectivity index (χ1) is 45.4. The number of unbranched alkanes of at least 4 members (excludes halogenated alkanes) is 1. The van der Waals surface area contributed by atoms with Crippen LogP contribution in [0.2, 0.25) is 20.1 Å². The number of ether oxygens (including phenoxy) is 7. The second-order valence-electron chi connectivity index (χ2n) is 22.2. The fraction of sp³-hybridized carbons (Fsp3) is 0.400. The van der Waals surface area contributed by atoms with Gasteiger partial charge < -0.3 is 73.1 Å². The summed E-state index contributed by atoms with van der Waals surface area (Å²) in [6, 6.07) is 34.7. The number of benzene rings is 6. The number of hydrogen-bond donors (Lipinski definition) is 2. The number of rotatable bonds is 29. The molecule has 0 spiro atoms. The van der Waals surface area contributed by atoms with Gasteiger partial charge in [0.1, 0.15) is 47.1 Å². The van der Waals surface area contributed by atoms with Crippen LogP contribution >= 0.6 is 143 Å². The number of carboxylic acid groups (broad SMARTS) is 5. The Hall–Kier alpha value is -2.60. The molecule has 582 valence electrons. The van der Waals surface area contributed by atoms with Crippen molar-refractivity contribution in [1.29, 1.82) is 0 Å². The van der Waals surface area contributed by atoms with Crippen molar-refractivity contribution in [2.75, 3.05) is 7.11 Å². The molecule has 0 saturated carbocycles. The summed E-state index contributed by atoms with van der Waals surface area (Å²) in [7, 11) is 1.37. The molecule has 0 aliphatic heterocycles. The van der Waals surface area contributed by atoms with Gasteiger partial charge in [0.25, 0.3) is 0 Å². The Bertz CT molecular complexity index is 3330. The molecule has 18 nitrogen and oxygen atoms in total. The van der Waals surface area contributed by atoms with Crippen molar-refractivity contribution in [2.45, 2.75) is 156 Å². The monoisotopic (exact) mass is 1780 g/mol. The first kappa shape index (κ1) is 122. The van der Waals surface area contributed by atoms with Crippen molar-refractivity contribution in [3.8, 4) is 34.5 Å². The van der Waals surface area contributed by atoms with Crippen molar-refractivity contribution < 1.29 is 194 Å². The molecule has 106 heavy (non-hydrogen) atoms. The van der Waals surface area contributed by atoms with Crippen LogP contribution < -0.4 is 132 Å². The van der Waals surface area contributed by atoms with Crippen LogP contribution in [0, 0.1) is 23.6 Å². The maximum Gasteiger partial charge on any atom is 1.00 e. The molecule has 0 aliphatic rings. The maximum absolute atomic E-state index is 13.1. The second kappa shape index (κ2) is 67.0. The number of alkyl halides is 3. The molecule has 0 radical (unpaired) electrons. The van der Waals surface area contributed by atoms with E-state index in [4.69, 9.17) is 89.8 Å². The number of esters is 1. The molecule has 0 aromatic heterocycles. The minimum atomic E-state index is -4.41. The van der Waals surface area contributed by atoms with Crippen LogP contribution in [0.1, 0.15) is 119 Å². The molecule has 0 fully saturated rings. The minimum absolute atomic E-state index is 0. The Morgan fingerprint density at radius 2 is 0.745 bits per heavy atom. The van der Waals surface area contributed by atoms with Crippen LogP contribution in [0.3, 0.4) is 0 Å². The quantitative estimate of drug-likeness (QED) is 0.0285. The molecule has 0 amide bonds. The summed E-state index contributed by atoms with van der Waals surface area (Å²) in [5, 5.41) is 52.0. The molecular weight excluding hydrogens is 1690 g/mol. The van der Waals surface area contributed by atoms with E-state index in [1.54, 1.807) is 103 Å². The zero-order chi connectivity index (χ0) is 73.5. The Morgan fingerprint density at radius 1 is 0.443 bits per heavy atom. The fourth-order valence-corrected chi connectivity index (χ4v) is 8.12. The summed E-state index contributed by atoms with van der Waals surface area (Å²) >= 11 is 26.0. The van der Waals surface area contributed by atoms with Crippen molar-refractivity contribution in [2.24, 2.45) is 17.8 Å². The third kappa shape index (κ3) is 56.6. The number of aliphatic carboxylic acids is 5. The molecule has 0 saturated heterocycles. The first-order valence-electron chi connectivity index (χ1n) is 30.2. The summed E-state index contributed by atoms with van der Waals surface area (Å²) in [4.78, 5) is 65.1. The van der Waals surface area contributed by atoms with E-state index >= 15 is 0 Å². The van der Waals surface area contributed by atoms with Crippen LogP contribution in [-0.4, -0.2) is 89.8 Å². The molecule has 0 unspecified atom stereocenters. The Kier molecular flexibility index (Phi) is 76.9. The number of carboxylic acids is 5. The van der Waals surface area contributed by atoms with Gasteiger partial charge in [0, 0.05) is 24.6 Å². The number of hydrogen-bond acceptors (Lipinski definition) is 16. The largest absolute Gasteiger partial charge is 1.00 e. The molecule has 36 heteroatoms. The van der Waals surface area contributed by atoms with E-state index in [9.17, 15) is 61.6 Å². The molecule has 0 aliphatic carbocycles. The summed E-state index contributed by atoms with van der Waals surface area (Å²) in [5.41, 5.74) is -0.803. The van der Waals surface area contributed by atoms with E-state index < -0.39 is 84.0 Å². The first-order valence-corrected chi connectivity index (χ1v) is 32.6. The van der Waals surface area contributed by atoms with E-state index in [1.807, 2.05) is 34.6 Å². The van der Waals surface area contributed by atoms with Crippen molar-refractivity contribution in [3.63, 3.8) is 0 Å². The molecule has 0 heterocycles. The predicted octanol–water partition coefficient (Wildman–Crippen LogP) is 6.57. The summed E-state index contributed by atoms with van der Waals surface area (Å²) in [6.07, 6.45) is -4.44. The van der Waals surface area contributed by atoms with Crippen molar-refractivity contribution in [1.82, 2.24) is 0 Å². The second-order valence-corrected chi connectivity index (χ2v) is 24.9. The van der Waals surface area contributed by atoms with Gasteiger partial charge in [-0.3, -0.25) is 0 Å². The van der Waals surface area contributed by atoms with E-state index in [0.717, 1.165) is 49.9 Å². The molecule has 6 atom stereocenters. The van der Waals surface area contributed by atoms with Gasteiger partial charge >= 0.3 is 113 Å². The normalized spacial score (nSPS) is 11.4. The smallest absolute Gasteiger partial charge is 0.546 e. The summed E-state index contributed by atoms with van der Waals surface area (Å²) in [5.74, 6) is -3.49. The zero-order valence-corrected chi connectivity index (χ0v) is 77.6. The van der Waals surface area contributed by atoms with Gasteiger partial charge in [-0.05, 0) is 216 Å². The third-order valence-corrected chi connectivity index (χ3v) is 14.0. The van der Waals surface area contributed by atoms with Crippen LogP contribution in [-0.2, 0) is 39.7 Å². The van der Waals surface area contributed by atoms with Gasteiger partial charge in [-0.25, -0.2) is 18.8 Å². The molecular formula is C70H92BrCl4F4Na3O18S6. The summed E-state index contributed by atoms with van der Waals surface area (Å²) in [6.45, 7) is 16.8. The van der Waals surface area contributed by atoms with E-state index in [1.165, 1.54) is 33.1 Å². The molecule has 2 N–H and O–H groups in total. The summed E-state index contributed by atoms with van der Waals surface area (Å²) < 4.78 is 86.4. The number of carbonyl (C=O) groups is 6. The van der Waals surface area contributed by atoms with E-state index in [2.05, 4.69) is 29.8 Å². The van der Waals surface area contributed by atoms with Gasteiger partial charge in [-0.1, -0.05) is 117 Å². The minimum Gasteiger partial charge on any atom is -0.546 e. The molecule has 6 aromatic rings. The van der Waals surface area contributed by atoms with E-state index in [0.29, 0.717) is 85.1 Å². The van der Waals surface area contributed by atoms with Gasteiger partial charge in [0.2, 0.25) is 0 Å². The van der Waals surface area contributed by atoms with Gasteiger partial charge in [0.15, 0.2) is 29.9 Å². The fourth-order valence-electron chi connectivity index (χ4n) is 7.28. The molecule has 0 bridgehead atoms. The number of methoxy groups -OCH3 is 1. The zero-order valence-electron chi connectivity index (χ0n) is 61.0. The molecule has 6 rings (SSSR count). The van der Waals surface area contributed by atoms with Crippen molar-refractivity contribution >= 4 is 179 Å². The van der Waals surface area contributed by atoms with E-state index in [-0.39, 0.29) is 193 Å². The Labute approximate surface area is 755 Å². The molecule has 6 aromatic carbocycles. The van der Waals surface area contributed by atoms with Crippen molar-refractivity contribution in [3.05, 3.63) is 175 Å². The van der Waals surface area contributed by atoms with Gasteiger partial charge in [-0.15, -0.1) is 0 Å². The Morgan fingerprint density at radius 3 is 1.04 bits per heavy atom. The topological polar surface area (TPSA) is 277 Å². The predicted molar refractivity (Wildman–Crippen MR) is 421 cm³/mol. The van der Waals surface area contributed by atoms with Gasteiger partial charge in [0.05, 0.1) is 30.6 Å². The van der Waals surface area contributed by atoms with Crippen LogP contribution in [0.15, 0.2) is 144 Å². The SMILES string of the molecule is CC(C)CC[C@H](Oc1ccc(Cl)cc1)C(=O)[O-].CC(C)C[C@H](Oc1ccc(Cl)cc1)C(=O)[O-].CCCC[C@H](Oc1ccc(Cl)cc1)C(=O)[O-].COC(=O)[C@H](CCC(C)C)Oc1ccc(Cl)cc1.C[C@H](Oc1ccc(Br)cc1F)C(=O)O.C[C@H](Oc1ccc(C(F)(F)F)cc1)C(=O)O.S.S.S.S.S.S.[Na+].[Na+].[Na+]. The average Bonchev–Trinajstić information content (AvgIpc) is 0.866. The van der Waals surface area contributed by atoms with Crippen LogP contribution in [0.25, 0.3) is 0 Å². The van der Waals surface area contributed by atoms with Gasteiger partial charge in [-0.2, -0.15) is 94.1 Å². The van der Waals surface area contributed by atoms with Crippen LogP contribution in [0.5, 0.6) is 34.5 Å². The maximum atomic E-state index is 13.1. The standard InChI is InChI=1S/C14H19ClO3.C13H17ClO3.2C12H15ClO3.C10H9F3O3.C9H8BrFO3.3Na.6H2S/c1-10(2)4-9-13(14(16)17-3)18-12-7-5-11(15)6-8-12;1-9(2)3-8-12(13(15)16)17-11-6-4-10(14)5-7-11;1-8(2)7-11(12(14)15)16-10-5-3-9(13)4-6-10;1-2-3-4-11(12(14)15)16-10-7-5-9(13)6-8-10;1-6(9(14)15)16-8-4-2-7(3-5-8)10(11,12)13;1-5(9(12)13)14-8-3-2-6(10)4-7(8)11;;;;;;;;;/h5-8,10,13H,4,9H2,1-3H3;4-7,9,12H,3,8H2,1-2H3,(H,15,16);3-6,8,11H,7H2,1-2H3,(H,14,15);5-8,11H,2-4H2,1H3,(H,14,15);2-6H,1H3,(H,14,15);2-5H,1H3,(H,12,13);;;;6*1H2/q;;;;;;3*+1;;;;;;/p-3/t13-;12-;2*11-;6-;5-;;;;;;;;;/m000000........./s1. The number of carbonyl (C=O) groups excluding carboxylic acids is 4. The number of halogens is 9.